The smallest absolute Gasteiger partial charge is 0.311 e. The summed E-state index contributed by atoms with van der Waals surface area (Å²) in [4.78, 5) is 28.5. The molecule has 1 aromatic heterocycles. The zero-order chi connectivity index (χ0) is 16.6. The Labute approximate surface area is 136 Å². The van der Waals surface area contributed by atoms with Crippen molar-refractivity contribution < 1.29 is 19.4 Å². The third kappa shape index (κ3) is 2.45. The van der Waals surface area contributed by atoms with Gasteiger partial charge < -0.3 is 20.9 Å². The molecule has 0 saturated heterocycles. The molecule has 1 aliphatic rings. The number of amides is 1. The Morgan fingerprint density at radius 2 is 2.22 bits per heavy atom. The van der Waals surface area contributed by atoms with Crippen molar-refractivity contribution in [3.05, 3.63) is 40.4 Å². The maximum Gasteiger partial charge on any atom is 0.311 e. The second-order valence-corrected chi connectivity index (χ2v) is 6.05. The summed E-state index contributed by atoms with van der Waals surface area (Å²) in [6.45, 7) is 1.93. The Hall–Kier alpha value is -2.45. The van der Waals surface area contributed by atoms with Gasteiger partial charge in [-0.3, -0.25) is 9.59 Å². The topological polar surface area (TPSA) is 115 Å². The number of carbonyl (C=O) groups excluding carboxylic acids is 2. The van der Waals surface area contributed by atoms with Crippen molar-refractivity contribution in [2.75, 3.05) is 17.7 Å². The van der Waals surface area contributed by atoms with Gasteiger partial charge in [-0.2, -0.15) is 0 Å². The SMILES string of the molecule is CCOC(=O)Cc1nc(N)sc1C1(O)C(=O)Nc2ccccc21. The van der Waals surface area contributed by atoms with Gasteiger partial charge in [-0.1, -0.05) is 29.5 Å². The average Bonchev–Trinajstić information content (AvgIpc) is 2.99. The van der Waals surface area contributed by atoms with Gasteiger partial charge in [0, 0.05) is 11.3 Å². The van der Waals surface area contributed by atoms with Gasteiger partial charge >= 0.3 is 5.97 Å². The van der Waals surface area contributed by atoms with Crippen molar-refractivity contribution in [2.24, 2.45) is 0 Å². The molecule has 8 heteroatoms. The molecule has 2 aromatic rings. The molecule has 120 valence electrons. The van der Waals surface area contributed by atoms with Crippen LogP contribution < -0.4 is 11.1 Å². The highest BCUT2D eigenvalue weighted by Crippen LogP contribution is 2.44. The van der Waals surface area contributed by atoms with Gasteiger partial charge in [-0.05, 0) is 13.0 Å². The fourth-order valence-corrected chi connectivity index (χ4v) is 3.54. The summed E-state index contributed by atoms with van der Waals surface area (Å²) in [6, 6.07) is 6.82. The van der Waals surface area contributed by atoms with Crippen LogP contribution in [0.3, 0.4) is 0 Å². The Morgan fingerprint density at radius 3 is 2.96 bits per heavy atom. The van der Waals surface area contributed by atoms with Crippen LogP contribution in [0.5, 0.6) is 0 Å². The van der Waals surface area contributed by atoms with Crippen LogP contribution in [0.2, 0.25) is 0 Å². The minimum absolute atomic E-state index is 0.158. The third-order valence-electron chi connectivity index (χ3n) is 3.55. The number of para-hydroxylation sites is 1. The molecule has 0 bridgehead atoms. The van der Waals surface area contributed by atoms with E-state index in [0.717, 1.165) is 11.3 Å². The molecule has 0 fully saturated rings. The van der Waals surface area contributed by atoms with E-state index < -0.39 is 17.5 Å². The fraction of sp³-hybridized carbons (Fsp3) is 0.267. The predicted molar refractivity (Wildman–Crippen MR) is 84.9 cm³/mol. The summed E-state index contributed by atoms with van der Waals surface area (Å²) in [6.07, 6.45) is -0.158. The quantitative estimate of drug-likeness (QED) is 0.720. The molecule has 1 unspecified atom stereocenters. The summed E-state index contributed by atoms with van der Waals surface area (Å²) in [5, 5.41) is 13.9. The van der Waals surface area contributed by atoms with E-state index >= 15 is 0 Å². The van der Waals surface area contributed by atoms with E-state index in [2.05, 4.69) is 10.3 Å². The summed E-state index contributed by atoms with van der Waals surface area (Å²) < 4.78 is 4.90. The van der Waals surface area contributed by atoms with Gasteiger partial charge in [0.25, 0.3) is 5.91 Å². The minimum atomic E-state index is -1.91. The highest BCUT2D eigenvalue weighted by atomic mass is 32.1. The van der Waals surface area contributed by atoms with Crippen LogP contribution in [0.15, 0.2) is 24.3 Å². The lowest BCUT2D eigenvalue weighted by atomic mass is 9.92. The number of hydrogen-bond donors (Lipinski definition) is 3. The first-order chi connectivity index (χ1) is 11.0. The fourth-order valence-electron chi connectivity index (χ4n) is 2.59. The molecule has 4 N–H and O–H groups in total. The van der Waals surface area contributed by atoms with Crippen LogP contribution in [-0.2, 0) is 26.3 Å². The van der Waals surface area contributed by atoms with Gasteiger partial charge in [0.1, 0.15) is 0 Å². The summed E-state index contributed by atoms with van der Waals surface area (Å²) in [5.74, 6) is -1.08. The summed E-state index contributed by atoms with van der Waals surface area (Å²) in [5.41, 5.74) is 5.01. The number of nitrogens with zero attached hydrogens (tertiary/aromatic N) is 1. The molecule has 1 amide bonds. The molecule has 0 saturated carbocycles. The van der Waals surface area contributed by atoms with Gasteiger partial charge in [-0.25, -0.2) is 4.98 Å². The number of hydrogen-bond acceptors (Lipinski definition) is 7. The van der Waals surface area contributed by atoms with Crippen molar-refractivity contribution >= 4 is 34.0 Å². The number of nitrogens with two attached hydrogens (primary N) is 1. The zero-order valence-corrected chi connectivity index (χ0v) is 13.1. The van der Waals surface area contributed by atoms with Crippen LogP contribution in [0.1, 0.15) is 23.1 Å². The van der Waals surface area contributed by atoms with Crippen LogP contribution in [0.4, 0.5) is 10.8 Å². The monoisotopic (exact) mass is 333 g/mol. The number of nitrogen functional groups attached to an aromatic ring is 1. The number of aliphatic hydroxyl groups is 1. The van der Waals surface area contributed by atoms with Crippen LogP contribution >= 0.6 is 11.3 Å². The number of aromatic nitrogens is 1. The van der Waals surface area contributed by atoms with E-state index in [1.165, 1.54) is 0 Å². The van der Waals surface area contributed by atoms with E-state index in [9.17, 15) is 14.7 Å². The molecule has 2 heterocycles. The lowest BCUT2D eigenvalue weighted by Crippen LogP contribution is -2.35. The molecule has 0 spiro atoms. The molecule has 1 aromatic carbocycles. The number of fused-ring (bicyclic) bond motifs is 1. The van der Waals surface area contributed by atoms with E-state index in [1.807, 2.05) is 0 Å². The van der Waals surface area contributed by atoms with Crippen molar-refractivity contribution in [3.8, 4) is 0 Å². The molecule has 3 rings (SSSR count). The molecule has 7 nitrogen and oxygen atoms in total. The highest BCUT2D eigenvalue weighted by molar-refractivity contribution is 7.15. The lowest BCUT2D eigenvalue weighted by Gasteiger charge is -2.20. The Morgan fingerprint density at radius 1 is 1.48 bits per heavy atom. The third-order valence-corrected chi connectivity index (χ3v) is 4.59. The van der Waals surface area contributed by atoms with Gasteiger partial charge in [0.15, 0.2) is 5.13 Å². The highest BCUT2D eigenvalue weighted by Gasteiger charge is 2.49. The lowest BCUT2D eigenvalue weighted by molar-refractivity contribution is -0.142. The minimum Gasteiger partial charge on any atom is -0.466 e. The van der Waals surface area contributed by atoms with Crippen molar-refractivity contribution in [2.45, 2.75) is 18.9 Å². The van der Waals surface area contributed by atoms with Gasteiger partial charge in [0.2, 0.25) is 5.60 Å². The van der Waals surface area contributed by atoms with Crippen molar-refractivity contribution in [3.63, 3.8) is 0 Å². The number of rotatable bonds is 4. The number of carbonyl (C=O) groups is 2. The molecule has 1 atom stereocenters. The summed E-state index contributed by atoms with van der Waals surface area (Å²) in [7, 11) is 0. The van der Waals surface area contributed by atoms with Gasteiger partial charge in [-0.15, -0.1) is 0 Å². The van der Waals surface area contributed by atoms with Gasteiger partial charge in [0.05, 0.1) is 23.6 Å². The zero-order valence-electron chi connectivity index (χ0n) is 12.3. The number of thiazole rings is 1. The number of nitrogens with one attached hydrogen (secondary N) is 1. The number of benzene rings is 1. The first kappa shape index (κ1) is 15.4. The normalized spacial score (nSPS) is 19.3. The van der Waals surface area contributed by atoms with E-state index in [0.29, 0.717) is 11.3 Å². The van der Waals surface area contributed by atoms with Crippen LogP contribution in [-0.4, -0.2) is 28.6 Å². The van der Waals surface area contributed by atoms with Crippen LogP contribution in [0, 0.1) is 0 Å². The molecule has 0 aliphatic carbocycles. The first-order valence-corrected chi connectivity index (χ1v) is 7.83. The number of ether oxygens (including phenoxy) is 1. The maximum atomic E-state index is 12.4. The Balaban J connectivity index is 2.08. The van der Waals surface area contributed by atoms with E-state index in [4.69, 9.17) is 10.5 Å². The Bertz CT molecular complexity index is 789. The molecular weight excluding hydrogens is 318 g/mol. The Kier molecular flexibility index (Phi) is 3.78. The standard InChI is InChI=1S/C15H15N3O4S/c1-2-22-11(19)7-10-12(23-14(16)18-10)15(21)8-5-3-4-6-9(8)17-13(15)20/h3-6,21H,2,7H2,1H3,(H2,16,18)(H,17,20). The largest absolute Gasteiger partial charge is 0.466 e. The van der Waals surface area contributed by atoms with Crippen molar-refractivity contribution in [1.82, 2.24) is 4.98 Å². The second-order valence-electron chi connectivity index (χ2n) is 5.02. The first-order valence-electron chi connectivity index (χ1n) is 7.01. The maximum absolute atomic E-state index is 12.4. The average molecular weight is 333 g/mol. The number of esters is 1. The molecule has 0 radical (unpaired) electrons. The molecule has 23 heavy (non-hydrogen) atoms. The molecule has 1 aliphatic heterocycles. The second kappa shape index (κ2) is 5.64. The van der Waals surface area contributed by atoms with Crippen LogP contribution in [0.25, 0.3) is 0 Å². The van der Waals surface area contributed by atoms with E-state index in [1.54, 1.807) is 31.2 Å². The van der Waals surface area contributed by atoms with E-state index in [-0.39, 0.29) is 28.7 Å². The predicted octanol–water partition coefficient (Wildman–Crippen LogP) is 1.02. The van der Waals surface area contributed by atoms with Crippen molar-refractivity contribution in [1.29, 1.82) is 0 Å². The summed E-state index contributed by atoms with van der Waals surface area (Å²) >= 11 is 0.986. The molecular formula is C15H15N3O4S. The number of anilines is 2.